The molecule has 5 heteroatoms. The quantitative estimate of drug-likeness (QED) is 0.908. The molecule has 1 N–H and O–H groups in total. The molecule has 1 amide bonds. The van der Waals surface area contributed by atoms with Crippen molar-refractivity contribution in [2.24, 2.45) is 0 Å². The van der Waals surface area contributed by atoms with Crippen LogP contribution in [0.2, 0.25) is 0 Å². The van der Waals surface area contributed by atoms with Crippen LogP contribution in [0, 0.1) is 5.82 Å². The highest BCUT2D eigenvalue weighted by atomic mass is 19.1. The second kappa shape index (κ2) is 8.23. The van der Waals surface area contributed by atoms with E-state index in [1.165, 1.54) is 11.6 Å². The Morgan fingerprint density at radius 2 is 2.00 bits per heavy atom. The first-order valence-corrected chi connectivity index (χ1v) is 8.56. The summed E-state index contributed by atoms with van der Waals surface area (Å²) in [5, 5.41) is 2.76. The lowest BCUT2D eigenvalue weighted by Crippen LogP contribution is -2.40. The van der Waals surface area contributed by atoms with E-state index in [0.29, 0.717) is 11.1 Å². The highest BCUT2D eigenvalue weighted by Gasteiger charge is 2.16. The average molecular weight is 342 g/mol. The molecule has 0 saturated carbocycles. The van der Waals surface area contributed by atoms with Crippen LogP contribution >= 0.6 is 0 Å². The van der Waals surface area contributed by atoms with Crippen LogP contribution in [0.3, 0.4) is 0 Å². The van der Waals surface area contributed by atoms with Gasteiger partial charge in [0, 0.05) is 37.3 Å². The first-order chi connectivity index (χ1) is 12.1. The van der Waals surface area contributed by atoms with E-state index in [9.17, 15) is 9.18 Å². The number of carbonyl (C=O) groups is 1. The highest BCUT2D eigenvalue weighted by molar-refractivity contribution is 5.94. The predicted octanol–water partition coefficient (Wildman–Crippen LogP) is 2.98. The van der Waals surface area contributed by atoms with Crippen molar-refractivity contribution in [3.8, 4) is 0 Å². The van der Waals surface area contributed by atoms with Crippen molar-refractivity contribution in [1.82, 2.24) is 10.2 Å². The third-order valence-corrected chi connectivity index (χ3v) is 4.34. The summed E-state index contributed by atoms with van der Waals surface area (Å²) >= 11 is 0. The molecule has 0 unspecified atom stereocenters. The number of halogens is 1. The molecule has 1 aliphatic rings. The number of morpholine rings is 1. The lowest BCUT2D eigenvalue weighted by atomic mass is 10.1. The third kappa shape index (κ3) is 4.87. The Kier molecular flexibility index (Phi) is 5.79. The summed E-state index contributed by atoms with van der Waals surface area (Å²) in [6.45, 7) is 5.72. The molecule has 0 aliphatic carbocycles. The van der Waals surface area contributed by atoms with Crippen LogP contribution in [0.1, 0.15) is 28.4 Å². The van der Waals surface area contributed by atoms with Crippen LogP contribution < -0.4 is 5.32 Å². The number of nitrogens with zero attached hydrogens (tertiary/aromatic N) is 1. The fourth-order valence-corrected chi connectivity index (χ4v) is 2.97. The summed E-state index contributed by atoms with van der Waals surface area (Å²) in [6.07, 6.45) is 0.261. The number of ether oxygens (including phenoxy) is 1. The van der Waals surface area contributed by atoms with Gasteiger partial charge in [-0.25, -0.2) is 4.39 Å². The van der Waals surface area contributed by atoms with Gasteiger partial charge in [0.25, 0.3) is 5.91 Å². The van der Waals surface area contributed by atoms with Crippen molar-refractivity contribution >= 4 is 5.91 Å². The molecule has 1 atom stereocenters. The van der Waals surface area contributed by atoms with E-state index in [1.54, 1.807) is 18.2 Å². The van der Waals surface area contributed by atoms with Gasteiger partial charge in [-0.2, -0.15) is 0 Å². The first kappa shape index (κ1) is 17.6. The number of carbonyl (C=O) groups excluding carboxylic acids is 1. The van der Waals surface area contributed by atoms with Gasteiger partial charge in [-0.1, -0.05) is 30.3 Å². The molecule has 0 spiro atoms. The SMILES string of the molecule is C[C@H]1CN(Cc2ccc(C(=O)NCc3ccccc3F)cc2)CCO1. The van der Waals surface area contributed by atoms with Crippen LogP contribution in [0.25, 0.3) is 0 Å². The number of rotatable bonds is 5. The van der Waals surface area contributed by atoms with Gasteiger partial charge in [0.2, 0.25) is 0 Å². The molecular weight excluding hydrogens is 319 g/mol. The molecule has 0 bridgehead atoms. The molecule has 2 aromatic rings. The van der Waals surface area contributed by atoms with E-state index in [2.05, 4.69) is 17.1 Å². The predicted molar refractivity (Wildman–Crippen MR) is 94.7 cm³/mol. The van der Waals surface area contributed by atoms with Gasteiger partial charge in [-0.05, 0) is 30.7 Å². The molecule has 0 aromatic heterocycles. The van der Waals surface area contributed by atoms with Gasteiger partial charge in [0.05, 0.1) is 12.7 Å². The van der Waals surface area contributed by atoms with E-state index in [4.69, 9.17) is 4.74 Å². The summed E-state index contributed by atoms with van der Waals surface area (Å²) < 4.78 is 19.1. The smallest absolute Gasteiger partial charge is 0.251 e. The van der Waals surface area contributed by atoms with E-state index in [-0.39, 0.29) is 24.4 Å². The van der Waals surface area contributed by atoms with Crippen LogP contribution in [0.15, 0.2) is 48.5 Å². The van der Waals surface area contributed by atoms with Gasteiger partial charge in [0.1, 0.15) is 5.82 Å². The Morgan fingerprint density at radius 1 is 1.24 bits per heavy atom. The minimum atomic E-state index is -0.308. The number of amides is 1. The van der Waals surface area contributed by atoms with Gasteiger partial charge in [-0.3, -0.25) is 9.69 Å². The monoisotopic (exact) mass is 342 g/mol. The molecule has 0 radical (unpaired) electrons. The number of hydrogen-bond acceptors (Lipinski definition) is 3. The van der Waals surface area contributed by atoms with Crippen molar-refractivity contribution in [3.63, 3.8) is 0 Å². The van der Waals surface area contributed by atoms with Crippen molar-refractivity contribution in [2.75, 3.05) is 19.7 Å². The molecule has 1 fully saturated rings. The van der Waals surface area contributed by atoms with Crippen molar-refractivity contribution < 1.29 is 13.9 Å². The van der Waals surface area contributed by atoms with Gasteiger partial charge < -0.3 is 10.1 Å². The number of nitrogens with one attached hydrogen (secondary N) is 1. The topological polar surface area (TPSA) is 41.6 Å². The lowest BCUT2D eigenvalue weighted by molar-refractivity contribution is -0.0212. The second-order valence-corrected chi connectivity index (χ2v) is 6.39. The molecule has 1 heterocycles. The molecular formula is C20H23FN2O2. The number of hydrogen-bond donors (Lipinski definition) is 1. The Hall–Kier alpha value is -2.24. The number of benzene rings is 2. The zero-order valence-corrected chi connectivity index (χ0v) is 14.4. The standard InChI is InChI=1S/C20H23FN2O2/c1-15-13-23(10-11-25-15)14-16-6-8-17(9-7-16)20(24)22-12-18-4-2-3-5-19(18)21/h2-9,15H,10-14H2,1H3,(H,22,24)/t15-/m0/s1. The Balaban J connectivity index is 1.54. The summed E-state index contributed by atoms with van der Waals surface area (Å²) in [6, 6.07) is 14.0. The molecule has 1 saturated heterocycles. The largest absolute Gasteiger partial charge is 0.376 e. The molecule has 3 rings (SSSR count). The van der Waals surface area contributed by atoms with Crippen LogP contribution in [-0.2, 0) is 17.8 Å². The van der Waals surface area contributed by atoms with Crippen LogP contribution in [-0.4, -0.2) is 36.6 Å². The zero-order valence-electron chi connectivity index (χ0n) is 14.4. The Morgan fingerprint density at radius 3 is 2.72 bits per heavy atom. The fraction of sp³-hybridized carbons (Fsp3) is 0.350. The van der Waals surface area contributed by atoms with Crippen molar-refractivity contribution in [1.29, 1.82) is 0 Å². The summed E-state index contributed by atoms with van der Waals surface area (Å²) in [7, 11) is 0. The fourth-order valence-electron chi connectivity index (χ4n) is 2.97. The normalized spacial score (nSPS) is 18.1. The first-order valence-electron chi connectivity index (χ1n) is 8.56. The summed E-state index contributed by atoms with van der Waals surface area (Å²) in [5.41, 5.74) is 2.23. The molecule has 132 valence electrons. The van der Waals surface area contributed by atoms with Crippen molar-refractivity contribution in [3.05, 3.63) is 71.0 Å². The van der Waals surface area contributed by atoms with E-state index in [0.717, 1.165) is 26.2 Å². The van der Waals surface area contributed by atoms with E-state index < -0.39 is 0 Å². The van der Waals surface area contributed by atoms with Crippen LogP contribution in [0.5, 0.6) is 0 Å². The van der Waals surface area contributed by atoms with Crippen LogP contribution in [0.4, 0.5) is 4.39 Å². The third-order valence-electron chi connectivity index (χ3n) is 4.34. The molecule has 2 aromatic carbocycles. The Labute approximate surface area is 147 Å². The van der Waals surface area contributed by atoms with Gasteiger partial charge in [-0.15, -0.1) is 0 Å². The maximum atomic E-state index is 13.6. The van der Waals surface area contributed by atoms with Gasteiger partial charge >= 0.3 is 0 Å². The summed E-state index contributed by atoms with van der Waals surface area (Å²) in [5.74, 6) is -0.507. The van der Waals surface area contributed by atoms with E-state index >= 15 is 0 Å². The Bertz CT molecular complexity index is 718. The minimum Gasteiger partial charge on any atom is -0.376 e. The van der Waals surface area contributed by atoms with E-state index in [1.807, 2.05) is 24.3 Å². The molecule has 4 nitrogen and oxygen atoms in total. The average Bonchev–Trinajstić information content (AvgIpc) is 2.61. The highest BCUT2D eigenvalue weighted by Crippen LogP contribution is 2.12. The maximum Gasteiger partial charge on any atom is 0.251 e. The maximum absolute atomic E-state index is 13.6. The lowest BCUT2D eigenvalue weighted by Gasteiger charge is -2.31. The minimum absolute atomic E-state index is 0.179. The summed E-state index contributed by atoms with van der Waals surface area (Å²) in [4.78, 5) is 14.6. The molecule has 25 heavy (non-hydrogen) atoms. The van der Waals surface area contributed by atoms with Crippen molar-refractivity contribution in [2.45, 2.75) is 26.1 Å². The van der Waals surface area contributed by atoms with Gasteiger partial charge in [0.15, 0.2) is 0 Å². The molecule has 1 aliphatic heterocycles. The zero-order chi connectivity index (χ0) is 17.6. The second-order valence-electron chi connectivity index (χ2n) is 6.39.